The lowest BCUT2D eigenvalue weighted by Crippen LogP contribution is -2.32. The summed E-state index contributed by atoms with van der Waals surface area (Å²) in [5.41, 5.74) is 2.97. The molecular formula is C22H21FN4O2. The van der Waals surface area contributed by atoms with E-state index >= 15 is 0 Å². The van der Waals surface area contributed by atoms with Crippen molar-refractivity contribution in [1.82, 2.24) is 20.4 Å². The summed E-state index contributed by atoms with van der Waals surface area (Å²) in [4.78, 5) is 22.9. The van der Waals surface area contributed by atoms with E-state index in [2.05, 4.69) is 15.7 Å². The maximum atomic E-state index is 13.3. The number of rotatable bonds is 7. The summed E-state index contributed by atoms with van der Waals surface area (Å²) in [5.74, 6) is -0.758. The van der Waals surface area contributed by atoms with Gasteiger partial charge in [-0.2, -0.15) is 5.10 Å². The summed E-state index contributed by atoms with van der Waals surface area (Å²) in [5, 5.41) is 9.92. The van der Waals surface area contributed by atoms with Crippen LogP contribution in [0.1, 0.15) is 12.5 Å². The highest BCUT2D eigenvalue weighted by molar-refractivity contribution is 5.92. The number of carbonyl (C=O) groups excluding carboxylic acids is 2. The van der Waals surface area contributed by atoms with Gasteiger partial charge < -0.3 is 10.6 Å². The molecule has 1 aromatic heterocycles. The number of nitrogens with one attached hydrogen (secondary N) is 2. The smallest absolute Gasteiger partial charge is 0.244 e. The van der Waals surface area contributed by atoms with Crippen molar-refractivity contribution in [1.29, 1.82) is 0 Å². The molecule has 29 heavy (non-hydrogen) atoms. The molecule has 0 saturated heterocycles. The molecule has 0 aliphatic rings. The van der Waals surface area contributed by atoms with Gasteiger partial charge in [-0.3, -0.25) is 9.59 Å². The largest absolute Gasteiger partial charge is 0.355 e. The Hall–Kier alpha value is -3.74. The average Bonchev–Trinajstić information content (AvgIpc) is 3.15. The fourth-order valence-corrected chi connectivity index (χ4v) is 2.70. The third-order valence-corrected chi connectivity index (χ3v) is 4.09. The Labute approximate surface area is 168 Å². The van der Waals surface area contributed by atoms with Crippen LogP contribution in [-0.4, -0.2) is 34.7 Å². The molecule has 0 bridgehead atoms. The second-order valence-corrected chi connectivity index (χ2v) is 6.33. The van der Waals surface area contributed by atoms with E-state index in [-0.39, 0.29) is 17.6 Å². The van der Waals surface area contributed by atoms with E-state index < -0.39 is 0 Å². The molecule has 3 rings (SSSR count). The lowest BCUT2D eigenvalue weighted by Gasteiger charge is -2.02. The van der Waals surface area contributed by atoms with Gasteiger partial charge in [0.05, 0.1) is 11.4 Å². The number of hydrogen-bond donors (Lipinski definition) is 2. The van der Waals surface area contributed by atoms with Crippen molar-refractivity contribution < 1.29 is 14.0 Å². The van der Waals surface area contributed by atoms with Gasteiger partial charge in [0.2, 0.25) is 11.8 Å². The van der Waals surface area contributed by atoms with Crippen molar-refractivity contribution in [2.75, 3.05) is 13.1 Å². The van der Waals surface area contributed by atoms with Gasteiger partial charge in [0, 0.05) is 43.4 Å². The third kappa shape index (κ3) is 5.62. The third-order valence-electron chi connectivity index (χ3n) is 4.09. The summed E-state index contributed by atoms with van der Waals surface area (Å²) in [6, 6.07) is 15.6. The van der Waals surface area contributed by atoms with Crippen molar-refractivity contribution in [2.45, 2.75) is 6.92 Å². The van der Waals surface area contributed by atoms with Gasteiger partial charge in [0.15, 0.2) is 0 Å². The lowest BCUT2D eigenvalue weighted by atomic mass is 10.1. The standard InChI is InChI=1S/C22H21FN4O2/c1-16(28)24-13-14-25-21(29)12-9-18-15-27(20-5-3-2-4-6-20)26-22(18)17-7-10-19(23)11-8-17/h2-12,15H,13-14H2,1H3,(H,24,28)(H,25,29). The van der Waals surface area contributed by atoms with Crippen LogP contribution in [0.5, 0.6) is 0 Å². The molecule has 0 aliphatic heterocycles. The number of halogens is 1. The number of nitrogens with zero attached hydrogens (tertiary/aromatic N) is 2. The van der Waals surface area contributed by atoms with Gasteiger partial charge >= 0.3 is 0 Å². The normalized spacial score (nSPS) is 10.8. The van der Waals surface area contributed by atoms with Crippen LogP contribution in [0, 0.1) is 5.82 Å². The van der Waals surface area contributed by atoms with Gasteiger partial charge in [0.1, 0.15) is 5.82 Å². The summed E-state index contributed by atoms with van der Waals surface area (Å²) >= 11 is 0. The van der Waals surface area contributed by atoms with Crippen LogP contribution >= 0.6 is 0 Å². The Bertz CT molecular complexity index is 1010. The first-order chi connectivity index (χ1) is 14.0. The van der Waals surface area contributed by atoms with Crippen LogP contribution in [0.25, 0.3) is 23.0 Å². The number of carbonyl (C=O) groups is 2. The van der Waals surface area contributed by atoms with Gasteiger partial charge in [-0.1, -0.05) is 18.2 Å². The fourth-order valence-electron chi connectivity index (χ4n) is 2.70. The van der Waals surface area contributed by atoms with Crippen molar-refractivity contribution in [3.8, 4) is 16.9 Å². The minimum Gasteiger partial charge on any atom is -0.355 e. The highest BCUT2D eigenvalue weighted by Gasteiger charge is 2.11. The molecule has 3 aromatic rings. The number of amides is 2. The highest BCUT2D eigenvalue weighted by Crippen LogP contribution is 2.25. The molecule has 0 unspecified atom stereocenters. The zero-order chi connectivity index (χ0) is 20.6. The van der Waals surface area contributed by atoms with Crippen LogP contribution in [0.15, 0.2) is 66.9 Å². The minimum atomic E-state index is -0.327. The highest BCUT2D eigenvalue weighted by atomic mass is 19.1. The summed E-state index contributed by atoms with van der Waals surface area (Å²) < 4.78 is 15.0. The van der Waals surface area contributed by atoms with E-state index in [0.29, 0.717) is 18.8 Å². The van der Waals surface area contributed by atoms with Crippen molar-refractivity contribution >= 4 is 17.9 Å². The molecule has 2 aromatic carbocycles. The molecule has 0 fully saturated rings. The zero-order valence-electron chi connectivity index (χ0n) is 15.9. The Kier molecular flexibility index (Phi) is 6.52. The first-order valence-electron chi connectivity index (χ1n) is 9.14. The molecule has 1 heterocycles. The monoisotopic (exact) mass is 392 g/mol. The molecule has 2 N–H and O–H groups in total. The second-order valence-electron chi connectivity index (χ2n) is 6.33. The van der Waals surface area contributed by atoms with E-state index in [9.17, 15) is 14.0 Å². The minimum absolute atomic E-state index is 0.146. The van der Waals surface area contributed by atoms with E-state index in [0.717, 1.165) is 16.8 Å². The molecule has 0 atom stereocenters. The molecule has 0 aliphatic carbocycles. The quantitative estimate of drug-likeness (QED) is 0.480. The van der Waals surface area contributed by atoms with Crippen molar-refractivity contribution in [2.24, 2.45) is 0 Å². The maximum Gasteiger partial charge on any atom is 0.244 e. The van der Waals surface area contributed by atoms with Crippen molar-refractivity contribution in [3.63, 3.8) is 0 Å². The Morgan fingerprint density at radius 1 is 1.03 bits per heavy atom. The predicted molar refractivity (Wildman–Crippen MR) is 110 cm³/mol. The molecule has 0 saturated carbocycles. The molecular weight excluding hydrogens is 371 g/mol. The molecule has 6 nitrogen and oxygen atoms in total. The summed E-state index contributed by atoms with van der Waals surface area (Å²) in [6.07, 6.45) is 4.89. The van der Waals surface area contributed by atoms with Crippen LogP contribution in [0.2, 0.25) is 0 Å². The summed E-state index contributed by atoms with van der Waals surface area (Å²) in [7, 11) is 0. The summed E-state index contributed by atoms with van der Waals surface area (Å²) in [6.45, 7) is 2.11. The molecule has 0 radical (unpaired) electrons. The Morgan fingerprint density at radius 3 is 2.41 bits per heavy atom. The Balaban J connectivity index is 1.82. The first-order valence-corrected chi connectivity index (χ1v) is 9.14. The van der Waals surface area contributed by atoms with Gasteiger partial charge in [-0.15, -0.1) is 0 Å². The van der Waals surface area contributed by atoms with Crippen LogP contribution < -0.4 is 10.6 Å². The molecule has 0 spiro atoms. The number of aromatic nitrogens is 2. The van der Waals surface area contributed by atoms with Crippen LogP contribution in [-0.2, 0) is 9.59 Å². The molecule has 148 valence electrons. The van der Waals surface area contributed by atoms with Gasteiger partial charge in [-0.05, 0) is 42.5 Å². The average molecular weight is 392 g/mol. The zero-order valence-corrected chi connectivity index (χ0v) is 15.9. The molecule has 7 heteroatoms. The van der Waals surface area contributed by atoms with Gasteiger partial charge in [0.25, 0.3) is 0 Å². The van der Waals surface area contributed by atoms with E-state index in [1.807, 2.05) is 36.5 Å². The van der Waals surface area contributed by atoms with E-state index in [1.54, 1.807) is 22.9 Å². The second kappa shape index (κ2) is 9.45. The fraction of sp³-hybridized carbons (Fsp3) is 0.136. The predicted octanol–water partition coefficient (Wildman–Crippen LogP) is 2.94. The first kappa shape index (κ1) is 20.0. The van der Waals surface area contributed by atoms with E-state index in [4.69, 9.17) is 0 Å². The number of para-hydroxylation sites is 1. The van der Waals surface area contributed by atoms with Crippen LogP contribution in [0.3, 0.4) is 0 Å². The maximum absolute atomic E-state index is 13.3. The SMILES string of the molecule is CC(=O)NCCNC(=O)C=Cc1cn(-c2ccccc2)nc1-c1ccc(F)cc1. The van der Waals surface area contributed by atoms with Crippen LogP contribution in [0.4, 0.5) is 4.39 Å². The Morgan fingerprint density at radius 2 is 1.72 bits per heavy atom. The number of hydrogen-bond acceptors (Lipinski definition) is 3. The molecule has 2 amide bonds. The van der Waals surface area contributed by atoms with Crippen molar-refractivity contribution in [3.05, 3.63) is 78.3 Å². The topological polar surface area (TPSA) is 76.0 Å². The van der Waals surface area contributed by atoms with E-state index in [1.165, 1.54) is 25.1 Å². The lowest BCUT2D eigenvalue weighted by molar-refractivity contribution is -0.119. The van der Waals surface area contributed by atoms with Gasteiger partial charge in [-0.25, -0.2) is 9.07 Å². The number of benzene rings is 2.